The molecule has 146 valence electrons. The van der Waals surface area contributed by atoms with Gasteiger partial charge in [0.15, 0.2) is 0 Å². The van der Waals surface area contributed by atoms with E-state index in [0.717, 1.165) is 0 Å². The van der Waals surface area contributed by atoms with Gasteiger partial charge in [-0.1, -0.05) is 22.4 Å². The van der Waals surface area contributed by atoms with E-state index in [2.05, 4.69) is 25.1 Å². The fourth-order valence-electron chi connectivity index (χ4n) is 1.83. The molecule has 0 saturated heterocycles. The summed E-state index contributed by atoms with van der Waals surface area (Å²) in [5.41, 5.74) is 0.172. The van der Waals surface area contributed by atoms with Crippen molar-refractivity contribution in [1.82, 2.24) is 15.5 Å². The molecule has 0 radical (unpaired) electrons. The third-order valence-corrected chi connectivity index (χ3v) is 3.04. The Morgan fingerprint density at radius 2 is 1.89 bits per heavy atom. The van der Waals surface area contributed by atoms with Crippen LogP contribution in [0.2, 0.25) is 0 Å². The Labute approximate surface area is 153 Å². The van der Waals surface area contributed by atoms with Gasteiger partial charge in [-0.3, -0.25) is 4.79 Å². The van der Waals surface area contributed by atoms with Crippen molar-refractivity contribution in [2.24, 2.45) is 5.16 Å². The van der Waals surface area contributed by atoms with Crippen LogP contribution in [0.4, 0.5) is 13.2 Å². The topological polar surface area (TPSA) is 89.6 Å². The lowest BCUT2D eigenvalue weighted by Gasteiger charge is -2.16. The molecule has 1 amide bonds. The molecular weight excluding hydrogens is 365 g/mol. The zero-order valence-electron chi connectivity index (χ0n) is 15.2. The van der Waals surface area contributed by atoms with Gasteiger partial charge in [0.05, 0.1) is 12.3 Å². The molecule has 2 aromatic rings. The SMILES string of the molecule is CC(C=NOC(C)(C)C)NC(=O)c1ccc(-c2noc(C(F)(F)F)n2)cc1. The molecule has 0 bridgehead atoms. The summed E-state index contributed by atoms with van der Waals surface area (Å²) in [4.78, 5) is 20.7. The average Bonchev–Trinajstić information content (AvgIpc) is 3.04. The molecule has 0 spiro atoms. The fourth-order valence-corrected chi connectivity index (χ4v) is 1.83. The number of benzene rings is 1. The quantitative estimate of drug-likeness (QED) is 0.627. The van der Waals surface area contributed by atoms with Gasteiger partial charge in [-0.25, -0.2) is 0 Å². The molecule has 2 rings (SSSR count). The normalized spacial score (nSPS) is 13.6. The molecule has 7 nitrogen and oxygen atoms in total. The highest BCUT2D eigenvalue weighted by atomic mass is 19.4. The Bertz CT molecular complexity index is 808. The van der Waals surface area contributed by atoms with E-state index >= 15 is 0 Å². The number of aromatic nitrogens is 2. The van der Waals surface area contributed by atoms with Crippen molar-refractivity contribution in [1.29, 1.82) is 0 Å². The predicted molar refractivity (Wildman–Crippen MR) is 91.0 cm³/mol. The standard InChI is InChI=1S/C17H19F3N4O3/c1-10(9-21-27-16(2,3)4)22-14(25)12-7-5-11(6-8-12)13-23-15(26-24-13)17(18,19)20/h5-10H,1-4H3,(H,22,25). The fraction of sp³-hybridized carbons (Fsp3) is 0.412. The molecule has 1 aromatic heterocycles. The zero-order valence-corrected chi connectivity index (χ0v) is 15.2. The lowest BCUT2D eigenvalue weighted by Crippen LogP contribution is -2.33. The van der Waals surface area contributed by atoms with E-state index in [4.69, 9.17) is 4.84 Å². The molecule has 0 fully saturated rings. The van der Waals surface area contributed by atoms with Crippen LogP contribution >= 0.6 is 0 Å². The van der Waals surface area contributed by atoms with Crippen molar-refractivity contribution < 1.29 is 27.3 Å². The van der Waals surface area contributed by atoms with Gasteiger partial charge in [-0.05, 0) is 39.8 Å². The molecule has 1 aromatic carbocycles. The maximum Gasteiger partial charge on any atom is 0.471 e. The summed E-state index contributed by atoms with van der Waals surface area (Å²) in [6.07, 6.45) is -3.25. The van der Waals surface area contributed by atoms with Crippen LogP contribution in [0.25, 0.3) is 11.4 Å². The van der Waals surface area contributed by atoms with Gasteiger partial charge in [0.25, 0.3) is 5.91 Å². The van der Waals surface area contributed by atoms with Gasteiger partial charge in [-0.15, -0.1) is 0 Å². The number of halogens is 3. The predicted octanol–water partition coefficient (Wildman–Crippen LogP) is 3.67. The molecule has 1 N–H and O–H groups in total. The highest BCUT2D eigenvalue weighted by Gasteiger charge is 2.38. The number of hydrogen-bond acceptors (Lipinski definition) is 6. The molecular formula is C17H19F3N4O3. The monoisotopic (exact) mass is 384 g/mol. The second-order valence-electron chi connectivity index (χ2n) is 6.72. The molecule has 1 unspecified atom stereocenters. The van der Waals surface area contributed by atoms with Crippen LogP contribution in [0.5, 0.6) is 0 Å². The van der Waals surface area contributed by atoms with Crippen LogP contribution in [0.1, 0.15) is 43.9 Å². The minimum absolute atomic E-state index is 0.214. The highest BCUT2D eigenvalue weighted by molar-refractivity contribution is 5.96. The zero-order chi connectivity index (χ0) is 20.2. The number of hydrogen-bond donors (Lipinski definition) is 1. The van der Waals surface area contributed by atoms with Gasteiger partial charge >= 0.3 is 12.1 Å². The number of rotatable bonds is 5. The number of amides is 1. The highest BCUT2D eigenvalue weighted by Crippen LogP contribution is 2.29. The molecule has 10 heteroatoms. The largest absolute Gasteiger partial charge is 0.471 e. The molecule has 0 aliphatic rings. The van der Waals surface area contributed by atoms with Crippen LogP contribution in [0.3, 0.4) is 0 Å². The Morgan fingerprint density at radius 3 is 2.41 bits per heavy atom. The van der Waals surface area contributed by atoms with Gasteiger partial charge in [0.1, 0.15) is 5.60 Å². The number of carbonyl (C=O) groups excluding carboxylic acids is 1. The first-order chi connectivity index (χ1) is 12.5. The summed E-state index contributed by atoms with van der Waals surface area (Å²) in [6, 6.07) is 5.38. The van der Waals surface area contributed by atoms with Crippen molar-refractivity contribution in [3.8, 4) is 11.4 Å². The van der Waals surface area contributed by atoms with E-state index in [1.807, 2.05) is 20.8 Å². The van der Waals surface area contributed by atoms with Crippen LogP contribution in [0.15, 0.2) is 33.9 Å². The van der Waals surface area contributed by atoms with Gasteiger partial charge in [0, 0.05) is 11.1 Å². The van der Waals surface area contributed by atoms with E-state index in [-0.39, 0.29) is 17.8 Å². The second kappa shape index (κ2) is 7.77. The number of alkyl halides is 3. The van der Waals surface area contributed by atoms with Gasteiger partial charge in [-0.2, -0.15) is 18.2 Å². The van der Waals surface area contributed by atoms with E-state index < -0.39 is 17.7 Å². The second-order valence-corrected chi connectivity index (χ2v) is 6.72. The molecule has 1 atom stereocenters. The van der Waals surface area contributed by atoms with Gasteiger partial charge in [0.2, 0.25) is 5.82 Å². The van der Waals surface area contributed by atoms with Crippen molar-refractivity contribution in [2.75, 3.05) is 0 Å². The molecule has 0 aliphatic heterocycles. The summed E-state index contributed by atoms with van der Waals surface area (Å²) in [5, 5.41) is 9.80. The number of nitrogens with zero attached hydrogens (tertiary/aromatic N) is 3. The van der Waals surface area contributed by atoms with Crippen molar-refractivity contribution in [2.45, 2.75) is 45.5 Å². The average molecular weight is 384 g/mol. The van der Waals surface area contributed by atoms with Crippen LogP contribution < -0.4 is 5.32 Å². The minimum atomic E-state index is -4.71. The first-order valence-electron chi connectivity index (χ1n) is 7.99. The van der Waals surface area contributed by atoms with Crippen molar-refractivity contribution in [3.63, 3.8) is 0 Å². The number of oxime groups is 1. The lowest BCUT2D eigenvalue weighted by atomic mass is 10.1. The maximum absolute atomic E-state index is 12.5. The summed E-state index contributed by atoms with van der Waals surface area (Å²) in [7, 11) is 0. The summed E-state index contributed by atoms with van der Waals surface area (Å²) >= 11 is 0. The van der Waals surface area contributed by atoms with Crippen LogP contribution in [-0.2, 0) is 11.0 Å². The van der Waals surface area contributed by atoms with E-state index in [9.17, 15) is 18.0 Å². The van der Waals surface area contributed by atoms with Gasteiger partial charge < -0.3 is 14.7 Å². The van der Waals surface area contributed by atoms with E-state index in [1.165, 1.54) is 30.5 Å². The molecule has 0 aliphatic carbocycles. The Kier molecular flexibility index (Phi) is 5.87. The van der Waals surface area contributed by atoms with Crippen LogP contribution in [-0.4, -0.2) is 33.9 Å². The summed E-state index contributed by atoms with van der Waals surface area (Å²) in [5.74, 6) is -2.01. The molecule has 0 saturated carbocycles. The first-order valence-corrected chi connectivity index (χ1v) is 7.99. The lowest BCUT2D eigenvalue weighted by molar-refractivity contribution is -0.159. The first kappa shape index (κ1) is 20.4. The van der Waals surface area contributed by atoms with Crippen molar-refractivity contribution in [3.05, 3.63) is 35.7 Å². The van der Waals surface area contributed by atoms with Crippen LogP contribution in [0, 0.1) is 0 Å². The molecule has 27 heavy (non-hydrogen) atoms. The minimum Gasteiger partial charge on any atom is -0.390 e. The van der Waals surface area contributed by atoms with E-state index in [0.29, 0.717) is 11.1 Å². The smallest absolute Gasteiger partial charge is 0.390 e. The maximum atomic E-state index is 12.5. The number of carbonyl (C=O) groups is 1. The third-order valence-electron chi connectivity index (χ3n) is 3.04. The number of nitrogens with one attached hydrogen (secondary N) is 1. The Hall–Kier alpha value is -2.91. The van der Waals surface area contributed by atoms with E-state index in [1.54, 1.807) is 6.92 Å². The Morgan fingerprint density at radius 1 is 1.26 bits per heavy atom. The summed E-state index contributed by atoms with van der Waals surface area (Å²) in [6.45, 7) is 7.25. The molecule has 1 heterocycles. The third kappa shape index (κ3) is 6.08. The van der Waals surface area contributed by atoms with Crippen molar-refractivity contribution >= 4 is 12.1 Å². The summed E-state index contributed by atoms with van der Waals surface area (Å²) < 4.78 is 41.7. The Balaban J connectivity index is 2.00.